The fourth-order valence-corrected chi connectivity index (χ4v) is 5.23. The van der Waals surface area contributed by atoms with Crippen LogP contribution in [0.1, 0.15) is 53.4 Å². The molecule has 0 aromatic heterocycles. The maximum Gasteiger partial charge on any atom is 0.0753 e. The highest BCUT2D eigenvalue weighted by molar-refractivity contribution is 7.80. The summed E-state index contributed by atoms with van der Waals surface area (Å²) >= 11 is 4.60. The zero-order valence-corrected chi connectivity index (χ0v) is 12.5. The molecule has 0 saturated heterocycles. The van der Waals surface area contributed by atoms with Crippen molar-refractivity contribution in [2.75, 3.05) is 5.75 Å². The third-order valence-electron chi connectivity index (χ3n) is 5.77. The summed E-state index contributed by atoms with van der Waals surface area (Å²) in [6.45, 7) is 8.88. The first-order chi connectivity index (χ1) is 7.79. The van der Waals surface area contributed by atoms with Gasteiger partial charge in [-0.3, -0.25) is 0 Å². The quantitative estimate of drug-likeness (QED) is 0.579. The predicted molar refractivity (Wildman–Crippen MR) is 76.4 cm³/mol. The van der Waals surface area contributed by atoms with Gasteiger partial charge in [0, 0.05) is 5.41 Å². The molecule has 0 radical (unpaired) electrons. The molecule has 0 heterocycles. The van der Waals surface area contributed by atoms with Gasteiger partial charge in [-0.2, -0.15) is 12.6 Å². The van der Waals surface area contributed by atoms with Crippen LogP contribution in [-0.4, -0.2) is 16.5 Å². The standard InChI is InChI=1S/C15H26OS/c1-11(2)5-8-15(16)9-12-6-7-14(15,10-17)13(12,3)4/h5,12,16-17H,6-10H2,1-4H3/t12-,14+,15-/m1/s1. The number of fused-ring (bicyclic) bond motifs is 2. The number of rotatable bonds is 3. The van der Waals surface area contributed by atoms with Crippen LogP contribution >= 0.6 is 12.6 Å². The molecule has 0 amide bonds. The summed E-state index contributed by atoms with van der Waals surface area (Å²) in [5.41, 5.74) is 1.02. The lowest BCUT2D eigenvalue weighted by atomic mass is 9.63. The number of thiol groups is 1. The van der Waals surface area contributed by atoms with Crippen LogP contribution in [-0.2, 0) is 0 Å². The minimum Gasteiger partial charge on any atom is -0.389 e. The monoisotopic (exact) mass is 254 g/mol. The predicted octanol–water partition coefficient (Wildman–Crippen LogP) is 3.83. The van der Waals surface area contributed by atoms with Crippen LogP contribution < -0.4 is 0 Å². The van der Waals surface area contributed by atoms with Gasteiger partial charge < -0.3 is 5.11 Å². The lowest BCUT2D eigenvalue weighted by Gasteiger charge is -2.47. The van der Waals surface area contributed by atoms with Crippen LogP contribution in [0.5, 0.6) is 0 Å². The molecule has 2 aliphatic carbocycles. The van der Waals surface area contributed by atoms with E-state index in [0.29, 0.717) is 5.92 Å². The van der Waals surface area contributed by atoms with Gasteiger partial charge in [-0.1, -0.05) is 25.5 Å². The van der Waals surface area contributed by atoms with Crippen LogP contribution in [0.3, 0.4) is 0 Å². The second kappa shape index (κ2) is 4.03. The fraction of sp³-hybridized carbons (Fsp3) is 0.867. The smallest absolute Gasteiger partial charge is 0.0753 e. The molecule has 2 saturated carbocycles. The third kappa shape index (κ3) is 1.63. The maximum absolute atomic E-state index is 11.1. The second-order valence-corrected chi connectivity index (χ2v) is 7.24. The Morgan fingerprint density at radius 3 is 2.53 bits per heavy atom. The summed E-state index contributed by atoms with van der Waals surface area (Å²) < 4.78 is 0. The van der Waals surface area contributed by atoms with Gasteiger partial charge in [0.1, 0.15) is 0 Å². The molecule has 1 N–H and O–H groups in total. The molecule has 1 nitrogen and oxygen atoms in total. The molecule has 0 aromatic rings. The average Bonchev–Trinajstić information content (AvgIpc) is 2.58. The Labute approximate surface area is 111 Å². The highest BCUT2D eigenvalue weighted by atomic mass is 32.1. The molecule has 0 aromatic carbocycles. The zero-order valence-electron chi connectivity index (χ0n) is 11.6. The largest absolute Gasteiger partial charge is 0.389 e. The Kier molecular flexibility index (Phi) is 3.19. The molecule has 0 aliphatic heterocycles. The summed E-state index contributed by atoms with van der Waals surface area (Å²) in [6.07, 6.45) is 6.37. The van der Waals surface area contributed by atoms with Crippen LogP contribution in [0.15, 0.2) is 11.6 Å². The van der Waals surface area contributed by atoms with Crippen LogP contribution in [0.25, 0.3) is 0 Å². The van der Waals surface area contributed by atoms with Crippen molar-refractivity contribution in [3.8, 4) is 0 Å². The first-order valence-corrected chi connectivity index (χ1v) is 7.39. The van der Waals surface area contributed by atoms with Crippen molar-refractivity contribution in [1.29, 1.82) is 0 Å². The van der Waals surface area contributed by atoms with Crippen molar-refractivity contribution in [2.45, 2.75) is 59.0 Å². The van der Waals surface area contributed by atoms with Crippen molar-refractivity contribution < 1.29 is 5.11 Å². The van der Waals surface area contributed by atoms with Gasteiger partial charge in [-0.25, -0.2) is 0 Å². The number of aliphatic hydroxyl groups is 1. The summed E-state index contributed by atoms with van der Waals surface area (Å²) in [5, 5.41) is 11.1. The first-order valence-electron chi connectivity index (χ1n) is 6.76. The molecule has 2 fully saturated rings. The number of allylic oxidation sites excluding steroid dienone is 1. The molecule has 2 bridgehead atoms. The van der Waals surface area contributed by atoms with E-state index in [0.717, 1.165) is 25.0 Å². The SMILES string of the molecule is CC(C)=CC[C@@]1(O)C[C@H]2CC[C@]1(CS)C2(C)C. The highest BCUT2D eigenvalue weighted by Gasteiger charge is 2.69. The Hall–Kier alpha value is 0.0500. The molecule has 98 valence electrons. The van der Waals surface area contributed by atoms with E-state index in [2.05, 4.69) is 46.4 Å². The topological polar surface area (TPSA) is 20.2 Å². The van der Waals surface area contributed by atoms with Gasteiger partial charge in [0.15, 0.2) is 0 Å². The van der Waals surface area contributed by atoms with Crippen molar-refractivity contribution in [2.24, 2.45) is 16.7 Å². The van der Waals surface area contributed by atoms with E-state index in [1.807, 2.05) is 0 Å². The maximum atomic E-state index is 11.1. The van der Waals surface area contributed by atoms with Crippen molar-refractivity contribution >= 4 is 12.6 Å². The van der Waals surface area contributed by atoms with Gasteiger partial charge >= 0.3 is 0 Å². The molecule has 17 heavy (non-hydrogen) atoms. The van der Waals surface area contributed by atoms with E-state index in [-0.39, 0.29) is 10.8 Å². The lowest BCUT2D eigenvalue weighted by Crippen LogP contribution is -2.50. The van der Waals surface area contributed by atoms with Gasteiger partial charge in [0.2, 0.25) is 0 Å². The lowest BCUT2D eigenvalue weighted by molar-refractivity contribution is -0.0834. The molecule has 2 heteroatoms. The summed E-state index contributed by atoms with van der Waals surface area (Å²) in [6, 6.07) is 0. The number of hydrogen-bond acceptors (Lipinski definition) is 2. The average molecular weight is 254 g/mol. The molecular formula is C15H26OS. The van der Waals surface area contributed by atoms with Crippen molar-refractivity contribution in [1.82, 2.24) is 0 Å². The highest BCUT2D eigenvalue weighted by Crippen LogP contribution is 2.70. The van der Waals surface area contributed by atoms with Crippen LogP contribution in [0.2, 0.25) is 0 Å². The molecule has 0 spiro atoms. The summed E-state index contributed by atoms with van der Waals surface area (Å²) in [4.78, 5) is 0. The van der Waals surface area contributed by atoms with Gasteiger partial charge in [-0.05, 0) is 56.6 Å². The van der Waals surface area contributed by atoms with E-state index in [1.165, 1.54) is 12.0 Å². The Balaban J connectivity index is 2.35. The van der Waals surface area contributed by atoms with E-state index in [4.69, 9.17) is 0 Å². The molecule has 2 aliphatic rings. The van der Waals surface area contributed by atoms with E-state index >= 15 is 0 Å². The van der Waals surface area contributed by atoms with Crippen molar-refractivity contribution in [3.63, 3.8) is 0 Å². The van der Waals surface area contributed by atoms with Gasteiger partial charge in [0.25, 0.3) is 0 Å². The summed E-state index contributed by atoms with van der Waals surface area (Å²) in [7, 11) is 0. The normalized spacial score (nSPS) is 42.8. The van der Waals surface area contributed by atoms with E-state index < -0.39 is 5.60 Å². The number of hydrogen-bond donors (Lipinski definition) is 2. The first kappa shape index (κ1) is 13.5. The second-order valence-electron chi connectivity index (χ2n) is 6.92. The van der Waals surface area contributed by atoms with Crippen LogP contribution in [0, 0.1) is 16.7 Å². The van der Waals surface area contributed by atoms with Crippen molar-refractivity contribution in [3.05, 3.63) is 11.6 Å². The Bertz CT molecular complexity index is 343. The molecular weight excluding hydrogens is 228 g/mol. The van der Waals surface area contributed by atoms with Crippen LogP contribution in [0.4, 0.5) is 0 Å². The third-order valence-corrected chi connectivity index (χ3v) is 6.31. The summed E-state index contributed by atoms with van der Waals surface area (Å²) in [5.74, 6) is 1.48. The minimum absolute atomic E-state index is 0.0136. The zero-order chi connectivity index (χ0) is 12.9. The van der Waals surface area contributed by atoms with Gasteiger partial charge in [-0.15, -0.1) is 0 Å². The molecule has 2 rings (SSSR count). The van der Waals surface area contributed by atoms with E-state index in [1.54, 1.807) is 0 Å². The Morgan fingerprint density at radius 1 is 1.41 bits per heavy atom. The molecule has 0 unspecified atom stereocenters. The fourth-order valence-electron chi connectivity index (χ4n) is 4.37. The molecule has 3 atom stereocenters. The Morgan fingerprint density at radius 2 is 2.06 bits per heavy atom. The van der Waals surface area contributed by atoms with Gasteiger partial charge in [0.05, 0.1) is 5.60 Å². The van der Waals surface area contributed by atoms with E-state index in [9.17, 15) is 5.11 Å². The minimum atomic E-state index is -0.529.